The second-order valence-electron chi connectivity index (χ2n) is 8.09. The van der Waals surface area contributed by atoms with E-state index in [4.69, 9.17) is 10.8 Å². The number of carbonyl (C=O) groups is 5. The van der Waals surface area contributed by atoms with E-state index in [1.807, 2.05) is 20.8 Å². The van der Waals surface area contributed by atoms with E-state index in [9.17, 15) is 24.0 Å². The van der Waals surface area contributed by atoms with Crippen LogP contribution in [0, 0.1) is 5.92 Å². The summed E-state index contributed by atoms with van der Waals surface area (Å²) in [4.78, 5) is 62.5. The highest BCUT2D eigenvalue weighted by Crippen LogP contribution is 2.16. The molecule has 4 N–H and O–H groups in total. The fourth-order valence-corrected chi connectivity index (χ4v) is 3.98. The molecule has 0 aliphatic carbocycles. The standard InChI is InChI=1S/C21H38N4O6S/c1-6-7-18(27)24(4)16(13-32-11-10-23-17(26)8-9-19(28)29)21(31)25(5)15(20(22)30)12-14(2)3/h14-16H,6-13H2,1-5H3,(H2,22,30)(H,23,26)(H,28,29)/t15-,16+/m0/s1. The Hall–Kier alpha value is -2.30. The number of carbonyl (C=O) groups excluding carboxylic acids is 4. The molecule has 11 heteroatoms. The quantitative estimate of drug-likeness (QED) is 0.278. The van der Waals surface area contributed by atoms with Gasteiger partial charge in [-0.15, -0.1) is 0 Å². The van der Waals surface area contributed by atoms with Gasteiger partial charge in [0.25, 0.3) is 0 Å². The molecule has 0 saturated heterocycles. The van der Waals surface area contributed by atoms with Crippen LogP contribution in [0.2, 0.25) is 0 Å². The Morgan fingerprint density at radius 3 is 2.12 bits per heavy atom. The molecule has 0 saturated carbocycles. The number of hydrogen-bond donors (Lipinski definition) is 3. The maximum atomic E-state index is 13.2. The first-order valence-corrected chi connectivity index (χ1v) is 12.0. The van der Waals surface area contributed by atoms with Gasteiger partial charge in [-0.2, -0.15) is 11.8 Å². The van der Waals surface area contributed by atoms with Crippen LogP contribution in [-0.4, -0.2) is 88.7 Å². The number of likely N-dealkylation sites (N-methyl/N-ethyl adjacent to an activating group) is 2. The number of rotatable bonds is 16. The first-order valence-electron chi connectivity index (χ1n) is 10.8. The van der Waals surface area contributed by atoms with Gasteiger partial charge in [-0.1, -0.05) is 20.8 Å². The zero-order valence-electron chi connectivity index (χ0n) is 19.8. The highest BCUT2D eigenvalue weighted by Gasteiger charge is 2.34. The van der Waals surface area contributed by atoms with Crippen molar-refractivity contribution in [2.24, 2.45) is 11.7 Å². The lowest BCUT2D eigenvalue weighted by Crippen LogP contribution is -2.55. The molecular formula is C21H38N4O6S. The topological polar surface area (TPSA) is 150 Å². The molecule has 4 amide bonds. The molecule has 0 fully saturated rings. The molecule has 0 heterocycles. The summed E-state index contributed by atoms with van der Waals surface area (Å²) in [5.74, 6) is -1.59. The summed E-state index contributed by atoms with van der Waals surface area (Å²) < 4.78 is 0. The van der Waals surface area contributed by atoms with Crippen molar-refractivity contribution in [1.29, 1.82) is 0 Å². The van der Waals surface area contributed by atoms with Crippen LogP contribution in [0.3, 0.4) is 0 Å². The molecule has 0 aromatic heterocycles. The van der Waals surface area contributed by atoms with Crippen molar-refractivity contribution >= 4 is 41.4 Å². The van der Waals surface area contributed by atoms with E-state index in [0.717, 1.165) is 0 Å². The van der Waals surface area contributed by atoms with E-state index in [-0.39, 0.29) is 42.2 Å². The average molecular weight is 475 g/mol. The van der Waals surface area contributed by atoms with E-state index in [1.165, 1.54) is 28.6 Å². The van der Waals surface area contributed by atoms with Gasteiger partial charge >= 0.3 is 5.97 Å². The summed E-state index contributed by atoms with van der Waals surface area (Å²) in [6.45, 7) is 6.05. The molecule has 10 nitrogen and oxygen atoms in total. The molecular weight excluding hydrogens is 436 g/mol. The number of primary amides is 1. The third-order valence-electron chi connectivity index (χ3n) is 4.86. The second kappa shape index (κ2) is 15.5. The normalized spacial score (nSPS) is 12.7. The van der Waals surface area contributed by atoms with Crippen molar-refractivity contribution in [2.45, 2.75) is 65.0 Å². The number of carboxylic acids is 1. The molecule has 0 spiro atoms. The number of nitrogens with two attached hydrogens (primary N) is 1. The lowest BCUT2D eigenvalue weighted by Gasteiger charge is -2.34. The predicted octanol–water partition coefficient (Wildman–Crippen LogP) is 0.686. The van der Waals surface area contributed by atoms with Gasteiger partial charge in [0.2, 0.25) is 23.6 Å². The van der Waals surface area contributed by atoms with Crippen LogP contribution in [-0.2, 0) is 24.0 Å². The molecule has 2 atom stereocenters. The predicted molar refractivity (Wildman–Crippen MR) is 124 cm³/mol. The zero-order valence-corrected chi connectivity index (χ0v) is 20.6. The van der Waals surface area contributed by atoms with Gasteiger partial charge in [0.1, 0.15) is 12.1 Å². The first kappa shape index (κ1) is 29.7. The van der Waals surface area contributed by atoms with Crippen LogP contribution in [0.4, 0.5) is 0 Å². The van der Waals surface area contributed by atoms with Gasteiger partial charge in [0.05, 0.1) is 6.42 Å². The number of aliphatic carboxylic acids is 1. The molecule has 0 aliphatic heterocycles. The lowest BCUT2D eigenvalue weighted by atomic mass is 10.0. The smallest absolute Gasteiger partial charge is 0.303 e. The molecule has 0 bridgehead atoms. The maximum Gasteiger partial charge on any atom is 0.303 e. The lowest BCUT2D eigenvalue weighted by molar-refractivity contribution is -0.146. The van der Waals surface area contributed by atoms with Gasteiger partial charge in [0.15, 0.2) is 0 Å². The Morgan fingerprint density at radius 2 is 1.62 bits per heavy atom. The zero-order chi connectivity index (χ0) is 24.8. The Kier molecular flexibility index (Phi) is 14.4. The van der Waals surface area contributed by atoms with Crippen molar-refractivity contribution in [1.82, 2.24) is 15.1 Å². The minimum atomic E-state index is -1.04. The summed E-state index contributed by atoms with van der Waals surface area (Å²) >= 11 is 1.38. The monoisotopic (exact) mass is 474 g/mol. The average Bonchev–Trinajstić information content (AvgIpc) is 2.71. The molecule has 0 radical (unpaired) electrons. The number of thioether (sulfide) groups is 1. The Bertz CT molecular complexity index is 658. The third kappa shape index (κ3) is 11.4. The van der Waals surface area contributed by atoms with Crippen LogP contribution in [0.5, 0.6) is 0 Å². The van der Waals surface area contributed by atoms with Crippen LogP contribution in [0.25, 0.3) is 0 Å². The summed E-state index contributed by atoms with van der Waals surface area (Å²) in [6.07, 6.45) is 1.05. The van der Waals surface area contributed by atoms with Crippen molar-refractivity contribution in [3.8, 4) is 0 Å². The number of hydrogen-bond acceptors (Lipinski definition) is 6. The Labute approximate surface area is 194 Å². The minimum Gasteiger partial charge on any atom is -0.481 e. The summed E-state index contributed by atoms with van der Waals surface area (Å²) in [6, 6.07) is -1.54. The number of nitrogens with one attached hydrogen (secondary N) is 1. The number of nitrogens with zero attached hydrogens (tertiary/aromatic N) is 2. The Balaban J connectivity index is 5.10. The third-order valence-corrected chi connectivity index (χ3v) is 5.90. The van der Waals surface area contributed by atoms with Gasteiger partial charge in [-0.25, -0.2) is 0 Å². The van der Waals surface area contributed by atoms with E-state index in [0.29, 0.717) is 31.6 Å². The van der Waals surface area contributed by atoms with Crippen LogP contribution >= 0.6 is 11.8 Å². The SMILES string of the molecule is CCCC(=O)N(C)[C@H](CSCCNC(=O)CCC(=O)O)C(=O)N(C)[C@@H](CC(C)C)C(N)=O. The van der Waals surface area contributed by atoms with Gasteiger partial charge < -0.3 is 26.0 Å². The van der Waals surface area contributed by atoms with Crippen LogP contribution in [0.15, 0.2) is 0 Å². The number of amides is 4. The van der Waals surface area contributed by atoms with Crippen molar-refractivity contribution in [3.63, 3.8) is 0 Å². The molecule has 0 aliphatic rings. The Morgan fingerprint density at radius 1 is 1.00 bits per heavy atom. The first-order chi connectivity index (χ1) is 14.9. The molecule has 0 aromatic rings. The summed E-state index contributed by atoms with van der Waals surface area (Å²) in [7, 11) is 3.10. The van der Waals surface area contributed by atoms with Crippen LogP contribution < -0.4 is 11.1 Å². The molecule has 32 heavy (non-hydrogen) atoms. The fraction of sp³-hybridized carbons (Fsp3) is 0.762. The highest BCUT2D eigenvalue weighted by atomic mass is 32.2. The highest BCUT2D eigenvalue weighted by molar-refractivity contribution is 7.99. The maximum absolute atomic E-state index is 13.2. The van der Waals surface area contributed by atoms with E-state index in [2.05, 4.69) is 5.32 Å². The second-order valence-corrected chi connectivity index (χ2v) is 9.24. The number of carboxylic acid groups (broad SMARTS) is 1. The van der Waals surface area contributed by atoms with E-state index in [1.54, 1.807) is 7.05 Å². The minimum absolute atomic E-state index is 0.0927. The molecule has 0 aromatic carbocycles. The van der Waals surface area contributed by atoms with Crippen molar-refractivity contribution < 1.29 is 29.1 Å². The van der Waals surface area contributed by atoms with Crippen LogP contribution in [0.1, 0.15) is 52.9 Å². The molecule has 0 rings (SSSR count). The fourth-order valence-electron chi connectivity index (χ4n) is 2.98. The molecule has 184 valence electrons. The van der Waals surface area contributed by atoms with Crippen molar-refractivity contribution in [2.75, 3.05) is 32.1 Å². The van der Waals surface area contributed by atoms with Gasteiger partial charge in [0, 0.05) is 45.0 Å². The van der Waals surface area contributed by atoms with E-state index < -0.39 is 24.0 Å². The van der Waals surface area contributed by atoms with Gasteiger partial charge in [-0.05, 0) is 18.8 Å². The van der Waals surface area contributed by atoms with E-state index >= 15 is 0 Å². The van der Waals surface area contributed by atoms with Crippen molar-refractivity contribution in [3.05, 3.63) is 0 Å². The summed E-state index contributed by atoms with van der Waals surface area (Å²) in [5.41, 5.74) is 5.52. The summed E-state index contributed by atoms with van der Waals surface area (Å²) in [5, 5.41) is 11.2. The van der Waals surface area contributed by atoms with Gasteiger partial charge in [-0.3, -0.25) is 24.0 Å². The molecule has 0 unspecified atom stereocenters. The largest absolute Gasteiger partial charge is 0.481 e.